The van der Waals surface area contributed by atoms with Gasteiger partial charge in [0, 0.05) is 112 Å². The van der Waals surface area contributed by atoms with Crippen LogP contribution in [0.2, 0.25) is 5.02 Å². The van der Waals surface area contributed by atoms with Crippen LogP contribution in [0, 0.1) is 40.7 Å². The van der Waals surface area contributed by atoms with Crippen molar-refractivity contribution in [1.29, 1.82) is 0 Å². The number of piperazine rings is 2. The molecule has 3 aromatic carbocycles. The average Bonchev–Trinajstić information content (AvgIpc) is 4.13. The monoisotopic (exact) mass is 1050 g/mol. The number of halogens is 3. The number of carbonyl (C=O) groups excluding carboxylic acids is 3. The fourth-order valence-electron chi connectivity index (χ4n) is 13.3. The molecule has 2 aromatic heterocycles. The van der Waals surface area contributed by atoms with Crippen LogP contribution in [0.3, 0.4) is 0 Å². The van der Waals surface area contributed by atoms with Crippen LogP contribution in [0.4, 0.5) is 25.1 Å². The van der Waals surface area contributed by atoms with Gasteiger partial charge in [-0.15, -0.1) is 6.42 Å². The second-order valence-corrected chi connectivity index (χ2v) is 23.3. The molecule has 7 aliphatic rings. The zero-order chi connectivity index (χ0) is 52.3. The van der Waals surface area contributed by atoms with E-state index in [-0.39, 0.29) is 69.7 Å². The fraction of sp³-hybridized carbons (Fsp3) is 0.517. The number of phenols is 1. The molecule has 7 fully saturated rings. The number of hydrogen-bond donors (Lipinski definition) is 3. The lowest BCUT2D eigenvalue weighted by Gasteiger charge is -2.46. The standard InChI is InChI=1S/C58H65ClF2N10O5/c1-2-42-46(60)10-6-37-28-41(72)30-43(49(37)42)51-50(61)52-44(31-62-51)53(70-32-39-7-8-40(33-70)63-39)66-55(65-52)76-35-58(16-17-58)34-68-26-24-67(25-27-68)20-3-4-36-11-14-57(15-12-36)18-22-69(23-19-57)54(74)38-5-9-45(59)47(29-38)71-21-13-48(73)64-56(71)75/h1,5-6,9-10,28-31,36,39-40,63,72H,3-4,7-8,11-27,32-35H2,(H,64,73,75). The number of ether oxygens (including phenoxy) is 1. The van der Waals surface area contributed by atoms with E-state index in [9.17, 15) is 19.5 Å². The summed E-state index contributed by atoms with van der Waals surface area (Å²) in [5, 5.41) is 18.3. The first-order valence-corrected chi connectivity index (χ1v) is 27.8. The van der Waals surface area contributed by atoms with Gasteiger partial charge in [-0.2, -0.15) is 9.97 Å². The summed E-state index contributed by atoms with van der Waals surface area (Å²) in [5.74, 6) is 1.90. The molecular weight excluding hydrogens is 990 g/mol. The Balaban J connectivity index is 0.626. The zero-order valence-corrected chi connectivity index (χ0v) is 43.7. The minimum Gasteiger partial charge on any atom is -0.508 e. The van der Waals surface area contributed by atoms with Gasteiger partial charge in [0.25, 0.3) is 5.91 Å². The number of benzene rings is 3. The molecule has 7 heterocycles. The summed E-state index contributed by atoms with van der Waals surface area (Å²) >= 11 is 6.46. The molecule has 5 aromatic rings. The lowest BCUT2D eigenvalue weighted by molar-refractivity contribution is -0.120. The highest BCUT2D eigenvalue weighted by Gasteiger charge is 2.46. The molecule has 18 heteroatoms. The van der Waals surface area contributed by atoms with Crippen LogP contribution in [0.1, 0.15) is 99.4 Å². The largest absolute Gasteiger partial charge is 0.508 e. The molecule has 2 saturated carbocycles. The van der Waals surface area contributed by atoms with Gasteiger partial charge in [0.05, 0.1) is 28.3 Å². The Hall–Kier alpha value is -6.19. The highest BCUT2D eigenvalue weighted by atomic mass is 35.5. The van der Waals surface area contributed by atoms with Crippen LogP contribution in [-0.2, 0) is 4.79 Å². The molecule has 2 bridgehead atoms. The lowest BCUT2D eigenvalue weighted by Crippen LogP contribution is -2.51. The van der Waals surface area contributed by atoms with Crippen molar-refractivity contribution < 1.29 is 33.0 Å². The van der Waals surface area contributed by atoms with E-state index in [1.54, 1.807) is 24.4 Å². The Morgan fingerprint density at radius 2 is 1.64 bits per heavy atom. The quantitative estimate of drug-likeness (QED) is 0.0967. The van der Waals surface area contributed by atoms with Crippen molar-refractivity contribution in [2.45, 2.75) is 95.6 Å². The summed E-state index contributed by atoms with van der Waals surface area (Å²) < 4.78 is 38.7. The first kappa shape index (κ1) is 50.6. The summed E-state index contributed by atoms with van der Waals surface area (Å²) in [5.41, 5.74) is 1.30. The number of aromatic hydroxyl groups is 1. The average molecular weight is 1060 g/mol. The van der Waals surface area contributed by atoms with Gasteiger partial charge in [0.1, 0.15) is 28.6 Å². The highest BCUT2D eigenvalue weighted by Crippen LogP contribution is 2.49. The number of imide groups is 1. The van der Waals surface area contributed by atoms with Gasteiger partial charge in [-0.1, -0.05) is 23.6 Å². The van der Waals surface area contributed by atoms with Crippen LogP contribution in [0.25, 0.3) is 32.9 Å². The zero-order valence-electron chi connectivity index (χ0n) is 42.9. The van der Waals surface area contributed by atoms with E-state index in [0.717, 1.165) is 96.8 Å². The number of phenolic OH excluding ortho intramolecular Hbond substituents is 1. The van der Waals surface area contributed by atoms with Crippen LogP contribution < -0.4 is 25.2 Å². The van der Waals surface area contributed by atoms with Gasteiger partial charge in [-0.25, -0.2) is 13.6 Å². The van der Waals surface area contributed by atoms with Crippen molar-refractivity contribution in [3.05, 3.63) is 76.4 Å². The fourth-order valence-corrected chi connectivity index (χ4v) is 13.5. The third-order valence-corrected chi connectivity index (χ3v) is 18.3. The van der Waals surface area contributed by atoms with Crippen LogP contribution in [-0.4, -0.2) is 143 Å². The number of piperidine rings is 1. The number of pyridine rings is 1. The van der Waals surface area contributed by atoms with Crippen molar-refractivity contribution in [1.82, 2.24) is 40.3 Å². The van der Waals surface area contributed by atoms with Crippen molar-refractivity contribution >= 4 is 62.6 Å². The molecule has 2 aliphatic carbocycles. The van der Waals surface area contributed by atoms with E-state index in [2.05, 4.69) is 36.2 Å². The van der Waals surface area contributed by atoms with Gasteiger partial charge in [0.2, 0.25) is 5.91 Å². The molecule has 0 radical (unpaired) electrons. The Morgan fingerprint density at radius 1 is 0.895 bits per heavy atom. The number of aromatic nitrogens is 3. The Bertz CT molecular complexity index is 3130. The predicted octanol–water partition coefficient (Wildman–Crippen LogP) is 8.52. The molecule has 4 amide bonds. The van der Waals surface area contributed by atoms with E-state index in [1.165, 1.54) is 67.7 Å². The normalized spacial score (nSPS) is 22.8. The molecule has 1 spiro atoms. The van der Waals surface area contributed by atoms with Gasteiger partial charge in [0.15, 0.2) is 5.82 Å². The highest BCUT2D eigenvalue weighted by molar-refractivity contribution is 6.34. The van der Waals surface area contributed by atoms with Crippen molar-refractivity contribution in [3.63, 3.8) is 0 Å². The Morgan fingerprint density at radius 3 is 2.37 bits per heavy atom. The summed E-state index contributed by atoms with van der Waals surface area (Å²) in [6.45, 7) is 9.62. The third-order valence-electron chi connectivity index (χ3n) is 18.0. The van der Waals surface area contributed by atoms with Crippen LogP contribution in [0.15, 0.2) is 48.7 Å². The van der Waals surface area contributed by atoms with Gasteiger partial charge < -0.3 is 34.8 Å². The molecule has 398 valence electrons. The molecule has 2 atom stereocenters. The number of amides is 4. The summed E-state index contributed by atoms with van der Waals surface area (Å²) in [4.78, 5) is 62.9. The third kappa shape index (κ3) is 10.1. The lowest BCUT2D eigenvalue weighted by atomic mass is 9.65. The topological polar surface area (TPSA) is 160 Å². The maximum atomic E-state index is 17.1. The van der Waals surface area contributed by atoms with Crippen LogP contribution in [0.5, 0.6) is 11.8 Å². The smallest absolute Gasteiger partial charge is 0.328 e. The maximum absolute atomic E-state index is 17.1. The maximum Gasteiger partial charge on any atom is 0.328 e. The number of fused-ring (bicyclic) bond motifs is 4. The van der Waals surface area contributed by atoms with Crippen molar-refractivity contribution in [2.24, 2.45) is 16.7 Å². The molecule has 3 N–H and O–H groups in total. The summed E-state index contributed by atoms with van der Waals surface area (Å²) in [6.07, 6.45) is 21.1. The predicted molar refractivity (Wildman–Crippen MR) is 288 cm³/mol. The number of hydrogen-bond acceptors (Lipinski definition) is 12. The van der Waals surface area contributed by atoms with Crippen LogP contribution >= 0.6 is 11.6 Å². The number of terminal acetylenes is 1. The Kier molecular flexibility index (Phi) is 13.7. The SMILES string of the molecule is C#Cc1c(F)ccc2cc(O)cc(-c3ncc4c(N5CC6CCC(C5)N6)nc(OCC5(CN6CCN(CCCC7CCC8(CC7)CCN(C(=O)c7ccc(Cl)c(N9CCC(=O)NC9=O)c7)CC8)CC6)CC5)nc4c3F)c12. The first-order valence-electron chi connectivity index (χ1n) is 27.4. The Labute approximate surface area is 446 Å². The van der Waals surface area contributed by atoms with E-state index >= 15 is 8.78 Å². The minimum atomic E-state index is -0.723. The van der Waals surface area contributed by atoms with E-state index in [4.69, 9.17) is 32.7 Å². The van der Waals surface area contributed by atoms with Gasteiger partial charge in [-0.05, 0) is 137 Å². The van der Waals surface area contributed by atoms with E-state index in [1.807, 2.05) is 4.90 Å². The number of likely N-dealkylation sites (tertiary alicyclic amines) is 1. The van der Waals surface area contributed by atoms with E-state index in [0.29, 0.717) is 70.1 Å². The number of rotatable bonds is 13. The number of carbonyl (C=O) groups is 3. The molecular formula is C58H65ClF2N10O5. The minimum absolute atomic E-state index is 0.0317. The molecule has 5 aliphatic heterocycles. The second-order valence-electron chi connectivity index (χ2n) is 22.9. The second kappa shape index (κ2) is 20.6. The molecule has 2 unspecified atom stereocenters. The van der Waals surface area contributed by atoms with Gasteiger partial charge in [-0.3, -0.25) is 24.8 Å². The first-order chi connectivity index (χ1) is 36.8. The number of urea groups is 1. The molecule has 12 rings (SSSR count). The van der Waals surface area contributed by atoms with Gasteiger partial charge >= 0.3 is 12.0 Å². The molecule has 15 nitrogen and oxygen atoms in total. The molecule has 76 heavy (non-hydrogen) atoms. The number of nitrogens with one attached hydrogen (secondary N) is 2. The number of anilines is 2. The van der Waals surface area contributed by atoms with Crippen molar-refractivity contribution in [3.8, 4) is 35.4 Å². The summed E-state index contributed by atoms with van der Waals surface area (Å²) in [6, 6.07) is 10.8. The number of nitrogens with zero attached hydrogens (tertiary/aromatic N) is 8. The van der Waals surface area contributed by atoms with Crippen molar-refractivity contribution in [2.75, 3.05) is 88.4 Å². The summed E-state index contributed by atoms with van der Waals surface area (Å²) in [7, 11) is 0. The molecule has 5 saturated heterocycles. The van der Waals surface area contributed by atoms with E-state index < -0.39 is 17.7 Å².